The molecule has 1 aliphatic heterocycles. The van der Waals surface area contributed by atoms with E-state index in [2.05, 4.69) is 5.32 Å². The van der Waals surface area contributed by atoms with Crippen molar-refractivity contribution in [1.82, 2.24) is 10.2 Å². The third kappa shape index (κ3) is 3.90. The number of esters is 1. The Morgan fingerprint density at radius 1 is 1.38 bits per heavy atom. The lowest BCUT2D eigenvalue weighted by atomic mass is 9.93. The van der Waals surface area contributed by atoms with Gasteiger partial charge in [-0.3, -0.25) is 14.5 Å². The molecule has 7 nitrogen and oxygen atoms in total. The molecule has 24 heavy (non-hydrogen) atoms. The quantitative estimate of drug-likeness (QED) is 0.628. The predicted octanol–water partition coefficient (Wildman–Crippen LogP) is 1.38. The van der Waals surface area contributed by atoms with E-state index in [1.165, 1.54) is 6.92 Å². The predicted molar refractivity (Wildman–Crippen MR) is 84.6 cm³/mol. The number of nitrogens with zero attached hydrogens (tertiary/aromatic N) is 2. The van der Waals surface area contributed by atoms with Crippen molar-refractivity contribution in [2.24, 2.45) is 0 Å². The van der Waals surface area contributed by atoms with Crippen LogP contribution in [-0.2, 0) is 20.7 Å². The van der Waals surface area contributed by atoms with Gasteiger partial charge in [0.2, 0.25) is 0 Å². The van der Waals surface area contributed by atoms with Crippen LogP contribution in [0, 0.1) is 11.3 Å². The molecule has 1 saturated heterocycles. The molecule has 1 N–H and O–H groups in total. The van der Waals surface area contributed by atoms with Crippen molar-refractivity contribution in [3.8, 4) is 6.07 Å². The van der Waals surface area contributed by atoms with Crippen molar-refractivity contribution in [2.45, 2.75) is 38.3 Å². The molecule has 0 unspecified atom stereocenters. The maximum absolute atomic E-state index is 12.5. The Balaban J connectivity index is 1.99. The zero-order valence-corrected chi connectivity index (χ0v) is 13.6. The van der Waals surface area contributed by atoms with Crippen LogP contribution in [0.25, 0.3) is 0 Å². The average Bonchev–Trinajstić information content (AvgIpc) is 2.77. The van der Waals surface area contributed by atoms with Gasteiger partial charge in [-0.05, 0) is 32.3 Å². The monoisotopic (exact) mass is 329 g/mol. The van der Waals surface area contributed by atoms with Crippen LogP contribution < -0.4 is 5.32 Å². The van der Waals surface area contributed by atoms with Crippen molar-refractivity contribution in [1.29, 1.82) is 5.26 Å². The molecule has 1 heterocycles. The molecular weight excluding hydrogens is 310 g/mol. The zero-order chi connectivity index (χ0) is 17.7. The molecule has 1 aromatic rings. The fourth-order valence-electron chi connectivity index (χ4n) is 2.49. The smallest absolute Gasteiger partial charge is 0.327 e. The SMILES string of the molecule is C[C@@H](C#N)OC(=O)CN1C(=O)N[C@](C)(CCc2ccccc2)C1=O. The van der Waals surface area contributed by atoms with Crippen LogP contribution in [0.1, 0.15) is 25.8 Å². The van der Waals surface area contributed by atoms with Crippen LogP contribution in [0.3, 0.4) is 0 Å². The van der Waals surface area contributed by atoms with E-state index < -0.39 is 36.1 Å². The number of urea groups is 1. The molecule has 0 bridgehead atoms. The van der Waals surface area contributed by atoms with Crippen LogP contribution >= 0.6 is 0 Å². The van der Waals surface area contributed by atoms with E-state index in [-0.39, 0.29) is 0 Å². The van der Waals surface area contributed by atoms with Gasteiger partial charge in [0.15, 0.2) is 6.10 Å². The van der Waals surface area contributed by atoms with Crippen molar-refractivity contribution in [3.63, 3.8) is 0 Å². The Labute approximate surface area is 140 Å². The molecular formula is C17H19N3O4. The van der Waals surface area contributed by atoms with Gasteiger partial charge < -0.3 is 10.1 Å². The molecule has 0 saturated carbocycles. The van der Waals surface area contributed by atoms with Crippen LogP contribution in [0.15, 0.2) is 30.3 Å². The molecule has 3 amide bonds. The van der Waals surface area contributed by atoms with E-state index >= 15 is 0 Å². The number of imide groups is 1. The first-order valence-corrected chi connectivity index (χ1v) is 7.63. The summed E-state index contributed by atoms with van der Waals surface area (Å²) in [4.78, 5) is 37.1. The molecule has 126 valence electrons. The Hall–Kier alpha value is -2.88. The maximum Gasteiger partial charge on any atom is 0.327 e. The summed E-state index contributed by atoms with van der Waals surface area (Å²) >= 11 is 0. The van der Waals surface area contributed by atoms with Gasteiger partial charge in [0.25, 0.3) is 5.91 Å². The minimum Gasteiger partial charge on any atom is -0.446 e. The van der Waals surface area contributed by atoms with Gasteiger partial charge in [-0.2, -0.15) is 5.26 Å². The van der Waals surface area contributed by atoms with Crippen molar-refractivity contribution >= 4 is 17.9 Å². The first kappa shape index (κ1) is 17.5. The molecule has 2 rings (SSSR count). The standard InChI is InChI=1S/C17H19N3O4/c1-12(10-18)24-14(21)11-20-15(22)17(2,19-16(20)23)9-8-13-6-4-3-5-7-13/h3-7,12H,8-9,11H2,1-2H3,(H,19,23)/t12-,17+/m0/s1. The number of benzene rings is 1. The molecule has 0 aromatic heterocycles. The number of carbonyl (C=O) groups is 3. The summed E-state index contributed by atoms with van der Waals surface area (Å²) < 4.78 is 4.78. The molecule has 1 aliphatic rings. The normalized spacial score (nSPS) is 21.1. The first-order chi connectivity index (χ1) is 11.4. The van der Waals surface area contributed by atoms with Gasteiger partial charge >= 0.3 is 12.0 Å². The number of carbonyl (C=O) groups excluding carboxylic acids is 3. The third-order valence-corrected chi connectivity index (χ3v) is 3.88. The molecule has 0 spiro atoms. The third-order valence-electron chi connectivity index (χ3n) is 3.88. The highest BCUT2D eigenvalue weighted by Gasteiger charge is 2.48. The number of hydrogen-bond acceptors (Lipinski definition) is 5. The van der Waals surface area contributed by atoms with Gasteiger partial charge in [0.05, 0.1) is 0 Å². The second-order valence-corrected chi connectivity index (χ2v) is 5.90. The van der Waals surface area contributed by atoms with Gasteiger partial charge in [0.1, 0.15) is 18.2 Å². The van der Waals surface area contributed by atoms with Crippen molar-refractivity contribution in [3.05, 3.63) is 35.9 Å². The van der Waals surface area contributed by atoms with E-state index in [0.717, 1.165) is 10.5 Å². The molecule has 0 aliphatic carbocycles. The lowest BCUT2D eigenvalue weighted by Gasteiger charge is -2.21. The van der Waals surface area contributed by atoms with Crippen molar-refractivity contribution < 1.29 is 19.1 Å². The summed E-state index contributed by atoms with van der Waals surface area (Å²) in [6, 6.07) is 10.7. The number of nitrogens with one attached hydrogen (secondary N) is 1. The molecule has 7 heteroatoms. The topological polar surface area (TPSA) is 99.5 Å². The van der Waals surface area contributed by atoms with Crippen molar-refractivity contribution in [2.75, 3.05) is 6.54 Å². The van der Waals surface area contributed by atoms with Gasteiger partial charge in [-0.1, -0.05) is 30.3 Å². The minimum atomic E-state index is -1.06. The molecule has 1 aromatic carbocycles. The fraction of sp³-hybridized carbons (Fsp3) is 0.412. The molecule has 1 fully saturated rings. The van der Waals surface area contributed by atoms with Gasteiger partial charge in [-0.25, -0.2) is 4.79 Å². The Kier molecular flexibility index (Phi) is 5.19. The second kappa shape index (κ2) is 7.13. The highest BCUT2D eigenvalue weighted by molar-refractivity contribution is 6.08. The number of rotatable bonds is 6. The number of hydrogen-bond donors (Lipinski definition) is 1. The minimum absolute atomic E-state index is 0.418. The Morgan fingerprint density at radius 2 is 2.04 bits per heavy atom. The van der Waals surface area contributed by atoms with Crippen LogP contribution in [0.2, 0.25) is 0 Å². The van der Waals surface area contributed by atoms with E-state index in [4.69, 9.17) is 10.00 Å². The average molecular weight is 329 g/mol. The van der Waals surface area contributed by atoms with Gasteiger partial charge in [0, 0.05) is 0 Å². The summed E-state index contributed by atoms with van der Waals surface area (Å²) in [6.07, 6.45) is 0.109. The number of ether oxygens (including phenoxy) is 1. The first-order valence-electron chi connectivity index (χ1n) is 7.63. The second-order valence-electron chi connectivity index (χ2n) is 5.90. The molecule has 2 atom stereocenters. The summed E-state index contributed by atoms with van der Waals surface area (Å²) in [7, 11) is 0. The van der Waals surface area contributed by atoms with E-state index in [9.17, 15) is 14.4 Å². The van der Waals surface area contributed by atoms with E-state index in [1.807, 2.05) is 30.3 Å². The summed E-state index contributed by atoms with van der Waals surface area (Å²) in [6.45, 7) is 2.55. The van der Waals surface area contributed by atoms with E-state index in [1.54, 1.807) is 13.0 Å². The Morgan fingerprint density at radius 3 is 2.67 bits per heavy atom. The number of aryl methyl sites for hydroxylation is 1. The highest BCUT2D eigenvalue weighted by Crippen LogP contribution is 2.23. The van der Waals surface area contributed by atoms with Crippen LogP contribution in [-0.4, -0.2) is 41.0 Å². The lowest BCUT2D eigenvalue weighted by molar-refractivity contribution is -0.149. The van der Waals surface area contributed by atoms with E-state index in [0.29, 0.717) is 12.8 Å². The van der Waals surface area contributed by atoms with Gasteiger partial charge in [-0.15, -0.1) is 0 Å². The maximum atomic E-state index is 12.5. The lowest BCUT2D eigenvalue weighted by Crippen LogP contribution is -2.44. The zero-order valence-electron chi connectivity index (χ0n) is 13.6. The number of nitriles is 1. The van der Waals surface area contributed by atoms with Crippen LogP contribution in [0.5, 0.6) is 0 Å². The Bertz CT molecular complexity index is 683. The summed E-state index contributed by atoms with van der Waals surface area (Å²) in [5.74, 6) is -1.26. The fourth-order valence-corrected chi connectivity index (χ4v) is 2.49. The summed E-state index contributed by atoms with van der Waals surface area (Å²) in [5, 5.41) is 11.3. The molecule has 0 radical (unpaired) electrons. The van der Waals surface area contributed by atoms with Crippen LogP contribution in [0.4, 0.5) is 4.79 Å². The largest absolute Gasteiger partial charge is 0.446 e. The summed E-state index contributed by atoms with van der Waals surface area (Å²) in [5.41, 5.74) is -0.00453. The highest BCUT2D eigenvalue weighted by atomic mass is 16.5. The number of amides is 3.